The summed E-state index contributed by atoms with van der Waals surface area (Å²) in [6.07, 6.45) is 2.58. The minimum absolute atomic E-state index is 0.00208. The molecule has 4 nitrogen and oxygen atoms in total. The van der Waals surface area contributed by atoms with Crippen molar-refractivity contribution in [2.45, 2.75) is 27.7 Å². The molecule has 0 heterocycles. The lowest BCUT2D eigenvalue weighted by molar-refractivity contribution is -0.131. The number of carboxylic acid groups (broad SMARTS) is 1. The number of carbonyl (C=O) groups excluding carboxylic acids is 1. The third-order valence-corrected chi connectivity index (χ3v) is 4.86. The first-order valence-corrected chi connectivity index (χ1v) is 6.98. The van der Waals surface area contributed by atoms with Crippen LogP contribution in [0.3, 0.4) is 0 Å². The fourth-order valence-corrected chi connectivity index (χ4v) is 2.95. The standard InChI is InChI=1S/C17H21NO3/c1-16(2)14(17(16,3)4)15(21)18-12-7-5-6-11(10-12)8-9-13(19)20/h5-10,14H,1-4H3,(H,18,21)(H,19,20). The number of carboxylic acids is 1. The van der Waals surface area contributed by atoms with Crippen LogP contribution in [-0.2, 0) is 9.59 Å². The molecule has 2 N–H and O–H groups in total. The minimum Gasteiger partial charge on any atom is -0.478 e. The lowest BCUT2D eigenvalue weighted by Gasteiger charge is -2.07. The summed E-state index contributed by atoms with van der Waals surface area (Å²) in [5.74, 6) is -0.987. The van der Waals surface area contributed by atoms with E-state index < -0.39 is 5.97 Å². The van der Waals surface area contributed by atoms with Crippen LogP contribution in [0.25, 0.3) is 6.08 Å². The number of rotatable bonds is 4. The molecule has 0 bridgehead atoms. The van der Waals surface area contributed by atoms with Crippen LogP contribution in [0.5, 0.6) is 0 Å². The highest BCUT2D eigenvalue weighted by Crippen LogP contribution is 2.68. The lowest BCUT2D eigenvalue weighted by atomic mass is 10.0. The number of anilines is 1. The summed E-state index contributed by atoms with van der Waals surface area (Å²) in [5, 5.41) is 11.6. The van der Waals surface area contributed by atoms with Crippen LogP contribution in [0.1, 0.15) is 33.3 Å². The van der Waals surface area contributed by atoms with Crippen LogP contribution in [0.2, 0.25) is 0 Å². The summed E-state index contributed by atoms with van der Waals surface area (Å²) < 4.78 is 0. The Hall–Kier alpha value is -2.10. The zero-order valence-electron chi connectivity index (χ0n) is 12.8. The Morgan fingerprint density at radius 3 is 2.33 bits per heavy atom. The first kappa shape index (κ1) is 15.3. The first-order valence-electron chi connectivity index (χ1n) is 6.98. The van der Waals surface area contributed by atoms with E-state index in [0.717, 1.165) is 11.6 Å². The smallest absolute Gasteiger partial charge is 0.328 e. The van der Waals surface area contributed by atoms with Crippen molar-refractivity contribution >= 4 is 23.6 Å². The van der Waals surface area contributed by atoms with Gasteiger partial charge in [0.15, 0.2) is 0 Å². The van der Waals surface area contributed by atoms with Crippen molar-refractivity contribution in [1.29, 1.82) is 0 Å². The number of carbonyl (C=O) groups is 2. The van der Waals surface area contributed by atoms with Gasteiger partial charge in [-0.1, -0.05) is 39.8 Å². The number of nitrogens with one attached hydrogen (secondary N) is 1. The molecule has 0 radical (unpaired) electrons. The number of aliphatic carboxylic acids is 1. The molecule has 0 unspecified atom stereocenters. The van der Waals surface area contributed by atoms with Crippen molar-refractivity contribution in [2.24, 2.45) is 16.7 Å². The average molecular weight is 287 g/mol. The maximum Gasteiger partial charge on any atom is 0.328 e. The minimum atomic E-state index is -0.995. The molecule has 0 saturated heterocycles. The molecular formula is C17H21NO3. The molecule has 1 aliphatic carbocycles. The van der Waals surface area contributed by atoms with Gasteiger partial charge in [-0.05, 0) is 34.6 Å². The Morgan fingerprint density at radius 1 is 1.19 bits per heavy atom. The van der Waals surface area contributed by atoms with Gasteiger partial charge in [0.1, 0.15) is 0 Å². The Morgan fingerprint density at radius 2 is 1.81 bits per heavy atom. The van der Waals surface area contributed by atoms with E-state index in [4.69, 9.17) is 5.11 Å². The second-order valence-electron chi connectivity index (χ2n) is 6.66. The molecule has 0 spiro atoms. The van der Waals surface area contributed by atoms with Crippen LogP contribution in [0.15, 0.2) is 30.3 Å². The van der Waals surface area contributed by atoms with Crippen LogP contribution in [0.4, 0.5) is 5.69 Å². The van der Waals surface area contributed by atoms with E-state index in [1.807, 2.05) is 0 Å². The Kier molecular flexibility index (Phi) is 3.66. The van der Waals surface area contributed by atoms with E-state index in [1.165, 1.54) is 6.08 Å². The van der Waals surface area contributed by atoms with Crippen molar-refractivity contribution in [1.82, 2.24) is 0 Å². The monoisotopic (exact) mass is 287 g/mol. The summed E-state index contributed by atoms with van der Waals surface area (Å²) in [7, 11) is 0. The Labute approximate surface area is 124 Å². The number of hydrogen-bond acceptors (Lipinski definition) is 2. The van der Waals surface area contributed by atoms with Crippen molar-refractivity contribution in [3.63, 3.8) is 0 Å². The summed E-state index contributed by atoms with van der Waals surface area (Å²) in [6, 6.07) is 7.15. The Bertz CT molecular complexity index is 600. The quantitative estimate of drug-likeness (QED) is 0.834. The first-order chi connectivity index (χ1) is 9.66. The highest BCUT2D eigenvalue weighted by Gasteiger charge is 2.68. The van der Waals surface area contributed by atoms with E-state index in [2.05, 4.69) is 33.0 Å². The average Bonchev–Trinajstić information content (AvgIpc) is 2.77. The molecule has 0 aromatic heterocycles. The summed E-state index contributed by atoms with van der Waals surface area (Å²) in [6.45, 7) is 8.40. The predicted octanol–water partition coefficient (Wildman–Crippen LogP) is 3.41. The van der Waals surface area contributed by atoms with Crippen molar-refractivity contribution in [2.75, 3.05) is 5.32 Å². The second-order valence-corrected chi connectivity index (χ2v) is 6.66. The maximum absolute atomic E-state index is 12.4. The number of hydrogen-bond donors (Lipinski definition) is 2. The summed E-state index contributed by atoms with van der Waals surface area (Å²) in [4.78, 5) is 22.9. The van der Waals surface area contributed by atoms with Crippen LogP contribution in [0, 0.1) is 16.7 Å². The van der Waals surface area contributed by atoms with Gasteiger partial charge in [-0.15, -0.1) is 0 Å². The lowest BCUT2D eigenvalue weighted by Crippen LogP contribution is -2.17. The highest BCUT2D eigenvalue weighted by atomic mass is 16.4. The van der Waals surface area contributed by atoms with Gasteiger partial charge in [-0.3, -0.25) is 4.79 Å². The van der Waals surface area contributed by atoms with Gasteiger partial charge < -0.3 is 10.4 Å². The van der Waals surface area contributed by atoms with Crippen LogP contribution < -0.4 is 5.32 Å². The zero-order chi connectivity index (χ0) is 15.8. The molecule has 1 aromatic rings. The van der Waals surface area contributed by atoms with E-state index in [9.17, 15) is 9.59 Å². The summed E-state index contributed by atoms with van der Waals surface area (Å²) >= 11 is 0. The molecule has 1 amide bonds. The number of benzene rings is 1. The topological polar surface area (TPSA) is 66.4 Å². The van der Waals surface area contributed by atoms with Crippen LogP contribution >= 0.6 is 0 Å². The van der Waals surface area contributed by atoms with E-state index in [0.29, 0.717) is 5.69 Å². The zero-order valence-corrected chi connectivity index (χ0v) is 12.8. The van der Waals surface area contributed by atoms with E-state index in [1.54, 1.807) is 24.3 Å². The molecule has 1 aromatic carbocycles. The molecule has 0 aliphatic heterocycles. The largest absolute Gasteiger partial charge is 0.478 e. The molecule has 4 heteroatoms. The molecule has 0 atom stereocenters. The number of amides is 1. The van der Waals surface area contributed by atoms with E-state index in [-0.39, 0.29) is 22.7 Å². The maximum atomic E-state index is 12.4. The normalized spacial score (nSPS) is 19.4. The van der Waals surface area contributed by atoms with Gasteiger partial charge >= 0.3 is 5.97 Å². The van der Waals surface area contributed by atoms with Crippen molar-refractivity contribution in [3.8, 4) is 0 Å². The van der Waals surface area contributed by atoms with Gasteiger partial charge in [-0.25, -0.2) is 4.79 Å². The van der Waals surface area contributed by atoms with E-state index >= 15 is 0 Å². The van der Waals surface area contributed by atoms with Crippen molar-refractivity contribution < 1.29 is 14.7 Å². The van der Waals surface area contributed by atoms with Gasteiger partial charge in [-0.2, -0.15) is 0 Å². The molecule has 2 rings (SSSR count). The molecule has 1 saturated carbocycles. The summed E-state index contributed by atoms with van der Waals surface area (Å²) in [5.41, 5.74) is 1.42. The second kappa shape index (κ2) is 5.02. The van der Waals surface area contributed by atoms with Crippen molar-refractivity contribution in [3.05, 3.63) is 35.9 Å². The van der Waals surface area contributed by atoms with Gasteiger partial charge in [0.05, 0.1) is 0 Å². The molecule has 21 heavy (non-hydrogen) atoms. The predicted molar refractivity (Wildman–Crippen MR) is 82.8 cm³/mol. The Balaban J connectivity index is 2.09. The highest BCUT2D eigenvalue weighted by molar-refractivity contribution is 5.96. The molecule has 112 valence electrons. The SMILES string of the molecule is CC1(C)C(C(=O)Nc2cccc(C=CC(=O)O)c2)C1(C)C. The fourth-order valence-electron chi connectivity index (χ4n) is 2.95. The third-order valence-electron chi connectivity index (χ3n) is 4.86. The molecule has 1 aliphatic rings. The fraction of sp³-hybridized carbons (Fsp3) is 0.412. The van der Waals surface area contributed by atoms with Gasteiger partial charge in [0.2, 0.25) is 5.91 Å². The third kappa shape index (κ3) is 2.84. The van der Waals surface area contributed by atoms with Crippen LogP contribution in [-0.4, -0.2) is 17.0 Å². The van der Waals surface area contributed by atoms with Gasteiger partial charge in [0, 0.05) is 17.7 Å². The van der Waals surface area contributed by atoms with Gasteiger partial charge in [0.25, 0.3) is 0 Å². The molecular weight excluding hydrogens is 266 g/mol. The molecule has 1 fully saturated rings.